The molecule has 0 saturated carbocycles. The molecule has 3 rings (SSSR count). The molecular weight excluding hydrogens is 452 g/mol. The fourth-order valence-corrected chi connectivity index (χ4v) is 4.60. The van der Waals surface area contributed by atoms with Gasteiger partial charge in [0.15, 0.2) is 6.33 Å². The molecule has 30 heavy (non-hydrogen) atoms. The van der Waals surface area contributed by atoms with Crippen molar-refractivity contribution in [2.24, 2.45) is 7.05 Å². The van der Waals surface area contributed by atoms with E-state index in [1.807, 2.05) is 0 Å². The second-order valence-corrected chi connectivity index (χ2v) is 8.99. The molecule has 1 aliphatic heterocycles. The van der Waals surface area contributed by atoms with Crippen LogP contribution < -0.4 is 30.5 Å². The quantitative estimate of drug-likeness (QED) is 0.257. The van der Waals surface area contributed by atoms with E-state index < -0.39 is 52.4 Å². The number of H-pyrrole nitrogens is 1. The molecule has 1 aliphatic rings. The summed E-state index contributed by atoms with van der Waals surface area (Å²) in [5.41, 5.74) is 5.28. The van der Waals surface area contributed by atoms with Gasteiger partial charge in [-0.15, -0.1) is 0 Å². The molecule has 1 saturated heterocycles. The van der Waals surface area contributed by atoms with Gasteiger partial charge in [-0.25, -0.2) is 4.57 Å². The van der Waals surface area contributed by atoms with Crippen LogP contribution in [0.25, 0.3) is 11.2 Å². The lowest BCUT2D eigenvalue weighted by atomic mass is 10.1. The number of aromatic amines is 1. The van der Waals surface area contributed by atoms with Crippen LogP contribution >= 0.6 is 15.6 Å². The van der Waals surface area contributed by atoms with Crippen LogP contribution in [-0.4, -0.2) is 51.7 Å². The normalized spacial score (nSPS) is 26.9. The SMILES string of the molecule is COC1[C@@H](O)[C@@H](COP(=O)([O-])OP(=O)([O-])[O-])O[C@H]1[n+]1cn(C)c2c(=O)[nH]c(N)nc21. The van der Waals surface area contributed by atoms with Gasteiger partial charge in [-0.05, 0) is 0 Å². The van der Waals surface area contributed by atoms with Crippen LogP contribution in [0, 0.1) is 0 Å². The molecule has 2 aromatic rings. The first-order chi connectivity index (χ1) is 13.8. The van der Waals surface area contributed by atoms with Gasteiger partial charge in [-0.2, -0.15) is 0 Å². The zero-order valence-electron chi connectivity index (χ0n) is 15.4. The average molecular weight is 469 g/mol. The molecule has 0 spiro atoms. The Bertz CT molecular complexity index is 1100. The van der Waals surface area contributed by atoms with Crippen molar-refractivity contribution < 1.29 is 51.8 Å². The molecule has 16 nitrogen and oxygen atoms in total. The first-order valence-corrected chi connectivity index (χ1v) is 11.1. The third-order valence-corrected chi connectivity index (χ3v) is 6.31. The van der Waals surface area contributed by atoms with Crippen molar-refractivity contribution in [3.8, 4) is 0 Å². The number of hydrogen-bond acceptors (Lipinski definition) is 13. The maximum Gasteiger partial charge on any atom is 0.313 e. The highest BCUT2D eigenvalue weighted by atomic mass is 31.3. The minimum Gasteiger partial charge on any atom is -0.790 e. The number of nitrogens with two attached hydrogens (primary N) is 1. The smallest absolute Gasteiger partial charge is 0.313 e. The molecule has 2 unspecified atom stereocenters. The van der Waals surface area contributed by atoms with Gasteiger partial charge in [-0.1, -0.05) is 4.98 Å². The molecule has 0 amide bonds. The van der Waals surface area contributed by atoms with Gasteiger partial charge in [0.05, 0.1) is 21.5 Å². The van der Waals surface area contributed by atoms with E-state index in [2.05, 4.69) is 18.8 Å². The number of nitrogens with one attached hydrogen (secondary N) is 1. The van der Waals surface area contributed by atoms with E-state index >= 15 is 0 Å². The third kappa shape index (κ3) is 4.63. The van der Waals surface area contributed by atoms with E-state index in [0.29, 0.717) is 0 Å². The van der Waals surface area contributed by atoms with Gasteiger partial charge in [0.25, 0.3) is 19.3 Å². The van der Waals surface area contributed by atoms with Gasteiger partial charge >= 0.3 is 5.65 Å². The van der Waals surface area contributed by atoms with E-state index in [0.717, 1.165) is 0 Å². The number of hydrogen-bond donors (Lipinski definition) is 3. The predicted molar refractivity (Wildman–Crippen MR) is 88.9 cm³/mol. The lowest BCUT2D eigenvalue weighted by Crippen LogP contribution is -2.47. The largest absolute Gasteiger partial charge is 0.790 e. The zero-order chi connectivity index (χ0) is 22.4. The monoisotopic (exact) mass is 469 g/mol. The van der Waals surface area contributed by atoms with Crippen LogP contribution in [0.5, 0.6) is 0 Å². The van der Waals surface area contributed by atoms with Crippen LogP contribution in [0.4, 0.5) is 5.95 Å². The van der Waals surface area contributed by atoms with Gasteiger partial charge in [0.2, 0.25) is 11.7 Å². The number of nitrogen functional groups attached to an aromatic ring is 1. The van der Waals surface area contributed by atoms with Crippen LogP contribution in [0.3, 0.4) is 0 Å². The summed E-state index contributed by atoms with van der Waals surface area (Å²) in [5.74, 6) is -0.177. The molecule has 0 radical (unpaired) electrons. The van der Waals surface area contributed by atoms with Crippen molar-refractivity contribution in [2.45, 2.75) is 24.5 Å². The topological polar surface area (TPSA) is 241 Å². The van der Waals surface area contributed by atoms with Gasteiger partial charge in [0, 0.05) is 7.11 Å². The minimum atomic E-state index is -5.86. The fourth-order valence-electron chi connectivity index (χ4n) is 3.10. The molecule has 4 N–H and O–H groups in total. The van der Waals surface area contributed by atoms with Crippen LogP contribution in [0.2, 0.25) is 0 Å². The summed E-state index contributed by atoms with van der Waals surface area (Å²) in [5, 5.41) is 10.4. The number of fused-ring (bicyclic) bond motifs is 1. The number of ether oxygens (including phenoxy) is 2. The number of aryl methyl sites for hydroxylation is 1. The summed E-state index contributed by atoms with van der Waals surface area (Å²) >= 11 is 0. The van der Waals surface area contributed by atoms with Crippen molar-refractivity contribution in [1.29, 1.82) is 0 Å². The van der Waals surface area contributed by atoms with Gasteiger partial charge < -0.3 is 44.1 Å². The Labute approximate surface area is 167 Å². The van der Waals surface area contributed by atoms with Crippen LogP contribution in [-0.2, 0) is 34.5 Å². The number of phosphoric acid groups is 2. The van der Waals surface area contributed by atoms with E-state index in [1.54, 1.807) is 7.05 Å². The highest BCUT2D eigenvalue weighted by molar-refractivity contribution is 7.58. The summed E-state index contributed by atoms with van der Waals surface area (Å²) in [6, 6.07) is 0. The Hall–Kier alpha value is -1.71. The Balaban J connectivity index is 1.88. The summed E-state index contributed by atoms with van der Waals surface area (Å²) in [4.78, 5) is 50.9. The minimum absolute atomic E-state index is 0.0936. The fraction of sp³-hybridized carbons (Fsp3) is 0.583. The number of aromatic nitrogens is 4. The van der Waals surface area contributed by atoms with E-state index in [4.69, 9.17) is 15.2 Å². The zero-order valence-corrected chi connectivity index (χ0v) is 17.2. The van der Waals surface area contributed by atoms with Crippen LogP contribution in [0.15, 0.2) is 11.1 Å². The molecule has 0 aliphatic carbocycles. The molecule has 3 heterocycles. The van der Waals surface area contributed by atoms with E-state index in [1.165, 1.54) is 22.6 Å². The molecule has 5 atom stereocenters. The third-order valence-electron chi connectivity index (χ3n) is 4.25. The second kappa shape index (κ2) is 8.09. The first-order valence-electron chi connectivity index (χ1n) is 8.14. The number of nitrogens with zero attached hydrogens (tertiary/aromatic N) is 3. The Morgan fingerprint density at radius 1 is 1.43 bits per heavy atom. The standard InChI is InChI=1S/C12H19N5O11P2/c1-16-4-17(9-6(16)10(19)15-12(13)14-9)11-8(25-2)7(18)5(27-11)3-26-30(23,24)28-29(20,21)22/h4-5,7-8,11,18H,3H2,1-2H3,(H5-,13,14,15,19,20,21,22,23,24)/p-2/t5-,7+,8?,11-/m1/s1. The average Bonchev–Trinajstić information content (AvgIpc) is 3.07. The molecule has 1 fully saturated rings. The van der Waals surface area contributed by atoms with Crippen molar-refractivity contribution >= 4 is 32.8 Å². The number of aliphatic hydroxyl groups is 1. The molecule has 0 aromatic carbocycles. The predicted octanol–water partition coefficient (Wildman–Crippen LogP) is -4.27. The Morgan fingerprint density at radius 2 is 2.10 bits per heavy atom. The number of aliphatic hydroxyl groups excluding tert-OH is 1. The maximum absolute atomic E-state index is 12.2. The van der Waals surface area contributed by atoms with Gasteiger partial charge in [0.1, 0.15) is 18.3 Å². The summed E-state index contributed by atoms with van der Waals surface area (Å²) in [7, 11) is -8.58. The number of phosphoric ester groups is 1. The maximum atomic E-state index is 12.2. The van der Waals surface area contributed by atoms with Crippen LogP contribution in [0.1, 0.15) is 6.23 Å². The van der Waals surface area contributed by atoms with E-state index in [9.17, 15) is 33.7 Å². The lowest BCUT2D eigenvalue weighted by Gasteiger charge is -2.35. The van der Waals surface area contributed by atoms with Crippen molar-refractivity contribution in [1.82, 2.24) is 14.5 Å². The number of imidazole rings is 1. The van der Waals surface area contributed by atoms with E-state index in [-0.39, 0.29) is 17.1 Å². The molecule has 2 aromatic heterocycles. The molecule has 18 heteroatoms. The van der Waals surface area contributed by atoms with Crippen molar-refractivity contribution in [2.75, 3.05) is 19.5 Å². The number of methoxy groups -OCH3 is 1. The highest BCUT2D eigenvalue weighted by Gasteiger charge is 2.48. The Kier molecular flexibility index (Phi) is 6.19. The molecular formula is C12H17N5O11P2-2. The molecule has 168 valence electrons. The lowest BCUT2D eigenvalue weighted by molar-refractivity contribution is -0.746. The number of anilines is 1. The van der Waals surface area contributed by atoms with Crippen molar-refractivity contribution in [3.63, 3.8) is 0 Å². The second-order valence-electron chi connectivity index (χ2n) is 6.28. The van der Waals surface area contributed by atoms with Gasteiger partial charge in [-0.3, -0.25) is 23.2 Å². The highest BCUT2D eigenvalue weighted by Crippen LogP contribution is 2.50. The summed E-state index contributed by atoms with van der Waals surface area (Å²) < 4.78 is 43.2. The Morgan fingerprint density at radius 3 is 2.70 bits per heavy atom. The first kappa shape index (κ1) is 23.0. The van der Waals surface area contributed by atoms with Crippen molar-refractivity contribution in [3.05, 3.63) is 16.7 Å². The molecule has 0 bridgehead atoms. The summed E-state index contributed by atoms with van der Waals surface area (Å²) in [6.45, 7) is -0.889. The number of rotatable bonds is 7. The summed E-state index contributed by atoms with van der Waals surface area (Å²) in [6.07, 6.45) is -3.55.